The Morgan fingerprint density at radius 3 is 2.63 bits per heavy atom. The number of hydrogen-bond donors (Lipinski definition) is 0. The molecule has 3 rings (SSSR count). The third-order valence-electron chi connectivity index (χ3n) is 4.44. The lowest BCUT2D eigenvalue weighted by atomic mass is 10.0. The zero-order valence-corrected chi connectivity index (χ0v) is 18.6. The number of ether oxygens (including phenoxy) is 1. The predicted molar refractivity (Wildman–Crippen MR) is 118 cm³/mol. The van der Waals surface area contributed by atoms with Crippen molar-refractivity contribution in [3.05, 3.63) is 47.9 Å². The van der Waals surface area contributed by atoms with E-state index in [1.807, 2.05) is 32.9 Å². The van der Waals surface area contributed by atoms with Crippen LogP contribution in [0.5, 0.6) is 0 Å². The molecule has 0 saturated carbocycles. The number of anilines is 1. The van der Waals surface area contributed by atoms with Crippen molar-refractivity contribution in [3.8, 4) is 11.1 Å². The molecular formula is C22H27N3O4S. The normalized spacial score (nSPS) is 14.6. The molecule has 0 unspecified atom stereocenters. The number of fused-ring (bicyclic) bond motifs is 1. The molecule has 0 radical (unpaired) electrons. The highest BCUT2D eigenvalue weighted by Crippen LogP contribution is 2.30. The van der Waals surface area contributed by atoms with Crippen LogP contribution in [0.1, 0.15) is 38.3 Å². The Hall–Kier alpha value is -2.74. The second kappa shape index (κ2) is 8.55. The van der Waals surface area contributed by atoms with Gasteiger partial charge in [-0.3, -0.25) is 9.88 Å². The molecule has 3 heterocycles. The van der Waals surface area contributed by atoms with E-state index in [1.165, 1.54) is 6.26 Å². The number of carbonyl (C=O) groups excluding carboxylic acids is 1. The molecular weight excluding hydrogens is 402 g/mol. The van der Waals surface area contributed by atoms with Gasteiger partial charge in [-0.15, -0.1) is 0 Å². The van der Waals surface area contributed by atoms with Crippen LogP contribution in [0.15, 0.2) is 36.8 Å². The van der Waals surface area contributed by atoms with Crippen molar-refractivity contribution >= 4 is 27.8 Å². The average Bonchev–Trinajstić information content (AvgIpc) is 2.65. The third kappa shape index (κ3) is 5.89. The van der Waals surface area contributed by atoms with E-state index in [0.717, 1.165) is 35.1 Å². The summed E-state index contributed by atoms with van der Waals surface area (Å²) < 4.78 is 28.1. The molecule has 2 aromatic rings. The Morgan fingerprint density at radius 2 is 1.93 bits per heavy atom. The first-order chi connectivity index (χ1) is 14.0. The van der Waals surface area contributed by atoms with E-state index in [0.29, 0.717) is 12.4 Å². The lowest BCUT2D eigenvalue weighted by Gasteiger charge is -2.30. The number of aryl methyl sites for hydroxylation is 1. The Morgan fingerprint density at radius 1 is 1.20 bits per heavy atom. The minimum Gasteiger partial charge on any atom is -0.443 e. The molecule has 160 valence electrons. The van der Waals surface area contributed by atoms with Gasteiger partial charge in [0.2, 0.25) is 0 Å². The van der Waals surface area contributed by atoms with Crippen LogP contribution in [0, 0.1) is 0 Å². The summed E-state index contributed by atoms with van der Waals surface area (Å²) in [6.07, 6.45) is 11.0. The molecule has 0 atom stereocenters. The summed E-state index contributed by atoms with van der Waals surface area (Å²) >= 11 is 0. The molecule has 8 heteroatoms. The van der Waals surface area contributed by atoms with Crippen molar-refractivity contribution in [1.29, 1.82) is 0 Å². The lowest BCUT2D eigenvalue weighted by Crippen LogP contribution is -2.40. The van der Waals surface area contributed by atoms with E-state index in [4.69, 9.17) is 4.74 Å². The number of nitrogens with zero attached hydrogens (tertiary/aromatic N) is 3. The van der Waals surface area contributed by atoms with Crippen LogP contribution >= 0.6 is 0 Å². The molecule has 0 N–H and O–H groups in total. The van der Waals surface area contributed by atoms with Crippen molar-refractivity contribution in [1.82, 2.24) is 9.97 Å². The molecule has 1 aliphatic rings. The Balaban J connectivity index is 1.84. The fourth-order valence-electron chi connectivity index (χ4n) is 3.18. The number of hydrogen-bond acceptors (Lipinski definition) is 6. The summed E-state index contributed by atoms with van der Waals surface area (Å²) in [6, 6.07) is 3.96. The molecule has 0 saturated heterocycles. The van der Waals surface area contributed by atoms with Crippen molar-refractivity contribution in [3.63, 3.8) is 0 Å². The smallest absolute Gasteiger partial charge is 0.416 e. The molecule has 1 amide bonds. The first kappa shape index (κ1) is 22.0. The lowest BCUT2D eigenvalue weighted by molar-refractivity contribution is 0.0576. The zero-order chi connectivity index (χ0) is 21.9. The third-order valence-corrected chi connectivity index (χ3v) is 5.24. The van der Waals surface area contributed by atoms with Crippen LogP contribution in [0.2, 0.25) is 0 Å². The predicted octanol–water partition coefficient (Wildman–Crippen LogP) is 3.89. The highest BCUT2D eigenvalue weighted by molar-refractivity contribution is 7.90. The van der Waals surface area contributed by atoms with Gasteiger partial charge in [-0.25, -0.2) is 18.2 Å². The SMILES string of the molecule is CC(C)(C)OC(=O)N1CCCc2cc(-c3cncc(C=CCS(C)(=O)=O)c3)cnc21. The van der Waals surface area contributed by atoms with Crippen LogP contribution in [-0.4, -0.2) is 48.6 Å². The number of carbonyl (C=O) groups is 1. The van der Waals surface area contributed by atoms with Crippen LogP contribution in [-0.2, 0) is 21.0 Å². The molecule has 0 bridgehead atoms. The van der Waals surface area contributed by atoms with Crippen molar-refractivity contribution < 1.29 is 17.9 Å². The van der Waals surface area contributed by atoms with Gasteiger partial charge in [-0.1, -0.05) is 12.2 Å². The summed E-state index contributed by atoms with van der Waals surface area (Å²) in [5, 5.41) is 0. The van der Waals surface area contributed by atoms with Gasteiger partial charge in [0.25, 0.3) is 0 Å². The number of amides is 1. The van der Waals surface area contributed by atoms with Gasteiger partial charge in [0, 0.05) is 42.5 Å². The largest absolute Gasteiger partial charge is 0.443 e. The number of pyridine rings is 2. The zero-order valence-electron chi connectivity index (χ0n) is 17.8. The Bertz CT molecular complexity index is 1070. The van der Waals surface area contributed by atoms with E-state index >= 15 is 0 Å². The van der Waals surface area contributed by atoms with Gasteiger partial charge < -0.3 is 4.74 Å². The maximum absolute atomic E-state index is 12.6. The second-order valence-corrected chi connectivity index (χ2v) is 10.6. The van der Waals surface area contributed by atoms with Crippen LogP contribution in [0.4, 0.5) is 10.6 Å². The molecule has 30 heavy (non-hydrogen) atoms. The standard InChI is InChI=1S/C22H27N3O4S/c1-22(2,3)29-21(26)25-9-5-8-17-12-19(15-24-20(17)25)18-11-16(13-23-14-18)7-6-10-30(4,27)28/h6-7,11-15H,5,8-10H2,1-4H3. The van der Waals surface area contributed by atoms with E-state index in [1.54, 1.807) is 35.6 Å². The molecule has 1 aliphatic heterocycles. The van der Waals surface area contributed by atoms with E-state index in [2.05, 4.69) is 9.97 Å². The van der Waals surface area contributed by atoms with E-state index < -0.39 is 15.4 Å². The number of aromatic nitrogens is 2. The first-order valence-corrected chi connectivity index (χ1v) is 11.9. The molecule has 0 fully saturated rings. The fraction of sp³-hybridized carbons (Fsp3) is 0.409. The molecule has 7 nitrogen and oxygen atoms in total. The van der Waals surface area contributed by atoms with E-state index in [-0.39, 0.29) is 11.8 Å². The van der Waals surface area contributed by atoms with Crippen molar-refractivity contribution in [2.75, 3.05) is 23.5 Å². The monoisotopic (exact) mass is 429 g/mol. The fourth-order valence-corrected chi connectivity index (χ4v) is 3.63. The van der Waals surface area contributed by atoms with Crippen LogP contribution in [0.3, 0.4) is 0 Å². The van der Waals surface area contributed by atoms with Gasteiger partial charge in [0.05, 0.1) is 5.75 Å². The summed E-state index contributed by atoms with van der Waals surface area (Å²) in [6.45, 7) is 6.11. The molecule has 2 aromatic heterocycles. The minimum atomic E-state index is -3.05. The maximum atomic E-state index is 12.6. The van der Waals surface area contributed by atoms with Gasteiger partial charge in [0.15, 0.2) is 9.84 Å². The highest BCUT2D eigenvalue weighted by Gasteiger charge is 2.28. The van der Waals surface area contributed by atoms with Crippen LogP contribution in [0.25, 0.3) is 17.2 Å². The summed E-state index contributed by atoms with van der Waals surface area (Å²) in [4.78, 5) is 23.0. The number of sulfone groups is 1. The van der Waals surface area contributed by atoms with E-state index in [9.17, 15) is 13.2 Å². The summed E-state index contributed by atoms with van der Waals surface area (Å²) in [7, 11) is -3.05. The Kier molecular flexibility index (Phi) is 6.26. The van der Waals surface area contributed by atoms with Gasteiger partial charge in [-0.05, 0) is 56.9 Å². The minimum absolute atomic E-state index is 0.0157. The van der Waals surface area contributed by atoms with Gasteiger partial charge in [-0.2, -0.15) is 0 Å². The summed E-state index contributed by atoms with van der Waals surface area (Å²) in [5.41, 5.74) is 3.00. The topological polar surface area (TPSA) is 89.5 Å². The summed E-state index contributed by atoms with van der Waals surface area (Å²) in [5.74, 6) is 0.620. The number of rotatable bonds is 4. The second-order valence-electron chi connectivity index (χ2n) is 8.44. The first-order valence-electron chi connectivity index (χ1n) is 9.81. The molecule has 0 aromatic carbocycles. The van der Waals surface area contributed by atoms with Crippen LogP contribution < -0.4 is 4.90 Å². The average molecular weight is 430 g/mol. The van der Waals surface area contributed by atoms with Gasteiger partial charge >= 0.3 is 6.09 Å². The van der Waals surface area contributed by atoms with Crippen molar-refractivity contribution in [2.45, 2.75) is 39.2 Å². The van der Waals surface area contributed by atoms with Crippen molar-refractivity contribution in [2.24, 2.45) is 0 Å². The maximum Gasteiger partial charge on any atom is 0.416 e. The Labute approximate surface area is 177 Å². The van der Waals surface area contributed by atoms with Gasteiger partial charge in [0.1, 0.15) is 11.4 Å². The quantitative estimate of drug-likeness (QED) is 0.732. The molecule has 0 spiro atoms. The highest BCUT2D eigenvalue weighted by atomic mass is 32.2. The molecule has 0 aliphatic carbocycles.